The summed E-state index contributed by atoms with van der Waals surface area (Å²) in [5.41, 5.74) is 3.67. The van der Waals surface area contributed by atoms with Gasteiger partial charge in [0, 0.05) is 5.92 Å². The first-order valence-corrected chi connectivity index (χ1v) is 5.74. The molecular weight excluding hydrogens is 220 g/mol. The molecule has 0 aromatic heterocycles. The highest BCUT2D eigenvalue weighted by Crippen LogP contribution is 2.24. The molecule has 2 rings (SSSR count). The summed E-state index contributed by atoms with van der Waals surface area (Å²) in [4.78, 5) is 0. The Labute approximate surface area is 107 Å². The van der Waals surface area contributed by atoms with Crippen LogP contribution in [0.3, 0.4) is 0 Å². The van der Waals surface area contributed by atoms with Gasteiger partial charge in [-0.3, -0.25) is 0 Å². The van der Waals surface area contributed by atoms with Crippen LogP contribution in [0, 0.1) is 22.7 Å². The minimum Gasteiger partial charge on any atom is -0.192 e. The molecule has 0 unspecified atom stereocenters. The van der Waals surface area contributed by atoms with Crippen molar-refractivity contribution in [2.24, 2.45) is 0 Å². The second kappa shape index (κ2) is 5.17. The van der Waals surface area contributed by atoms with E-state index in [9.17, 15) is 0 Å². The predicted molar refractivity (Wildman–Crippen MR) is 69.8 cm³/mol. The molecule has 86 valence electrons. The molecule has 0 bridgehead atoms. The Balaban J connectivity index is 2.27. The second-order valence-electron chi connectivity index (χ2n) is 4.19. The van der Waals surface area contributed by atoms with Gasteiger partial charge >= 0.3 is 0 Å². The second-order valence-corrected chi connectivity index (χ2v) is 4.19. The first-order chi connectivity index (χ1) is 8.74. The van der Waals surface area contributed by atoms with Crippen molar-refractivity contribution in [1.29, 1.82) is 10.5 Å². The first kappa shape index (κ1) is 11.9. The van der Waals surface area contributed by atoms with Gasteiger partial charge in [0.15, 0.2) is 0 Å². The molecule has 0 saturated heterocycles. The Bertz CT molecular complexity index is 553. The van der Waals surface area contributed by atoms with Crippen LogP contribution < -0.4 is 0 Å². The molecule has 0 aliphatic heterocycles. The van der Waals surface area contributed by atoms with Crippen LogP contribution >= 0.6 is 0 Å². The van der Waals surface area contributed by atoms with Crippen molar-refractivity contribution in [2.75, 3.05) is 0 Å². The lowest BCUT2D eigenvalue weighted by Crippen LogP contribution is -1.96. The highest BCUT2D eigenvalue weighted by molar-refractivity contribution is 5.39. The van der Waals surface area contributed by atoms with Gasteiger partial charge in [0.2, 0.25) is 0 Å². The van der Waals surface area contributed by atoms with E-state index in [0.717, 1.165) is 0 Å². The van der Waals surface area contributed by atoms with E-state index in [0.29, 0.717) is 11.1 Å². The number of hydrogen-bond donors (Lipinski definition) is 0. The molecule has 0 aliphatic carbocycles. The monoisotopic (exact) mass is 232 g/mol. The Kier molecular flexibility index (Phi) is 3.41. The van der Waals surface area contributed by atoms with E-state index < -0.39 is 0 Å². The van der Waals surface area contributed by atoms with E-state index in [-0.39, 0.29) is 5.92 Å². The summed E-state index contributed by atoms with van der Waals surface area (Å²) in [7, 11) is 0. The zero-order chi connectivity index (χ0) is 13.0. The molecule has 2 heteroatoms. The Morgan fingerprint density at radius 1 is 0.722 bits per heavy atom. The van der Waals surface area contributed by atoms with Crippen molar-refractivity contribution in [3.8, 4) is 12.1 Å². The summed E-state index contributed by atoms with van der Waals surface area (Å²) in [5, 5.41) is 17.5. The molecule has 0 saturated carbocycles. The summed E-state index contributed by atoms with van der Waals surface area (Å²) in [5.74, 6) is 0.255. The van der Waals surface area contributed by atoms with Crippen LogP contribution in [0.15, 0.2) is 48.5 Å². The van der Waals surface area contributed by atoms with Crippen molar-refractivity contribution in [1.82, 2.24) is 0 Å². The SMILES string of the molecule is CC(c1ccc(C#N)cc1)c1ccc(C#N)cc1. The fraction of sp³-hybridized carbons (Fsp3) is 0.125. The maximum Gasteiger partial charge on any atom is 0.0991 e. The van der Waals surface area contributed by atoms with Crippen LogP contribution in [-0.2, 0) is 0 Å². The highest BCUT2D eigenvalue weighted by atomic mass is 14.2. The third kappa shape index (κ3) is 2.39. The van der Waals surface area contributed by atoms with Gasteiger partial charge < -0.3 is 0 Å². The van der Waals surface area contributed by atoms with Gasteiger partial charge in [-0.25, -0.2) is 0 Å². The number of benzene rings is 2. The number of hydrogen-bond acceptors (Lipinski definition) is 2. The van der Waals surface area contributed by atoms with Crippen molar-refractivity contribution >= 4 is 0 Å². The van der Waals surface area contributed by atoms with Gasteiger partial charge in [0.25, 0.3) is 0 Å². The molecule has 0 radical (unpaired) electrons. The molecule has 0 spiro atoms. The van der Waals surface area contributed by atoms with E-state index >= 15 is 0 Å². The molecule has 2 aromatic rings. The van der Waals surface area contributed by atoms with E-state index in [4.69, 9.17) is 10.5 Å². The molecule has 0 N–H and O–H groups in total. The fourth-order valence-corrected chi connectivity index (χ4v) is 1.89. The van der Waals surface area contributed by atoms with Gasteiger partial charge in [-0.05, 0) is 35.4 Å². The summed E-state index contributed by atoms with van der Waals surface area (Å²) in [6, 6.07) is 19.4. The molecule has 0 heterocycles. The maximum atomic E-state index is 8.76. The van der Waals surface area contributed by atoms with Gasteiger partial charge in [-0.1, -0.05) is 31.2 Å². The Morgan fingerprint density at radius 3 is 1.33 bits per heavy atom. The minimum absolute atomic E-state index is 0.255. The highest BCUT2D eigenvalue weighted by Gasteiger charge is 2.08. The van der Waals surface area contributed by atoms with E-state index in [1.807, 2.05) is 48.5 Å². The Morgan fingerprint density at radius 2 is 1.06 bits per heavy atom. The van der Waals surface area contributed by atoms with Crippen molar-refractivity contribution in [2.45, 2.75) is 12.8 Å². The molecule has 2 aromatic carbocycles. The minimum atomic E-state index is 0.255. The predicted octanol–water partition coefficient (Wildman–Crippen LogP) is 3.58. The Hall–Kier alpha value is -2.58. The molecule has 0 aliphatic rings. The summed E-state index contributed by atoms with van der Waals surface area (Å²) in [6.07, 6.45) is 0. The zero-order valence-corrected chi connectivity index (χ0v) is 10.1. The van der Waals surface area contributed by atoms with Gasteiger partial charge in [-0.2, -0.15) is 10.5 Å². The van der Waals surface area contributed by atoms with Gasteiger partial charge in [0.05, 0.1) is 23.3 Å². The van der Waals surface area contributed by atoms with E-state index in [1.54, 1.807) is 0 Å². The van der Waals surface area contributed by atoms with Crippen LogP contribution in [0.4, 0.5) is 0 Å². The molecule has 0 atom stereocenters. The van der Waals surface area contributed by atoms with Crippen LogP contribution in [-0.4, -0.2) is 0 Å². The average molecular weight is 232 g/mol. The third-order valence-electron chi connectivity index (χ3n) is 3.08. The van der Waals surface area contributed by atoms with Gasteiger partial charge in [0.1, 0.15) is 0 Å². The number of nitrogens with zero attached hydrogens (tertiary/aromatic N) is 2. The lowest BCUT2D eigenvalue weighted by Gasteiger charge is -2.12. The lowest BCUT2D eigenvalue weighted by atomic mass is 9.92. The quantitative estimate of drug-likeness (QED) is 0.794. The molecular formula is C16H12N2. The molecule has 0 amide bonds. The van der Waals surface area contributed by atoms with Crippen molar-refractivity contribution in [3.63, 3.8) is 0 Å². The first-order valence-electron chi connectivity index (χ1n) is 5.74. The third-order valence-corrected chi connectivity index (χ3v) is 3.08. The standard InChI is InChI=1S/C16H12N2/c1-12(15-6-2-13(10-17)3-7-15)16-8-4-14(11-18)5-9-16/h2-9,12H,1H3. The zero-order valence-electron chi connectivity index (χ0n) is 10.1. The summed E-state index contributed by atoms with van der Waals surface area (Å²) >= 11 is 0. The molecule has 2 nitrogen and oxygen atoms in total. The van der Waals surface area contributed by atoms with Crippen molar-refractivity contribution in [3.05, 3.63) is 70.8 Å². The maximum absolute atomic E-state index is 8.76. The van der Waals surface area contributed by atoms with Crippen molar-refractivity contribution < 1.29 is 0 Å². The normalized spacial score (nSPS) is 9.78. The van der Waals surface area contributed by atoms with Crippen LogP contribution in [0.5, 0.6) is 0 Å². The topological polar surface area (TPSA) is 47.6 Å². The molecule has 0 fully saturated rings. The smallest absolute Gasteiger partial charge is 0.0991 e. The summed E-state index contributed by atoms with van der Waals surface area (Å²) < 4.78 is 0. The lowest BCUT2D eigenvalue weighted by molar-refractivity contribution is 0.922. The van der Waals surface area contributed by atoms with Gasteiger partial charge in [-0.15, -0.1) is 0 Å². The summed E-state index contributed by atoms with van der Waals surface area (Å²) in [6.45, 7) is 2.11. The largest absolute Gasteiger partial charge is 0.192 e. The molecule has 18 heavy (non-hydrogen) atoms. The van der Waals surface area contributed by atoms with Crippen LogP contribution in [0.2, 0.25) is 0 Å². The van der Waals surface area contributed by atoms with E-state index in [1.165, 1.54) is 11.1 Å². The van der Waals surface area contributed by atoms with Crippen LogP contribution in [0.1, 0.15) is 35.1 Å². The number of rotatable bonds is 2. The average Bonchev–Trinajstić information content (AvgIpc) is 2.47. The van der Waals surface area contributed by atoms with E-state index in [2.05, 4.69) is 19.1 Å². The van der Waals surface area contributed by atoms with Crippen LogP contribution in [0.25, 0.3) is 0 Å². The fourth-order valence-electron chi connectivity index (χ4n) is 1.89. The number of nitriles is 2.